The Morgan fingerprint density at radius 1 is 1.30 bits per heavy atom. The molecule has 1 aromatic heterocycles. The highest BCUT2D eigenvalue weighted by atomic mass is 32.1. The van der Waals surface area contributed by atoms with Gasteiger partial charge in [-0.1, -0.05) is 0 Å². The van der Waals surface area contributed by atoms with Crippen LogP contribution < -0.4 is 30.7 Å². The Morgan fingerprint density at radius 3 is 2.73 bits per heavy atom. The number of esters is 1. The summed E-state index contributed by atoms with van der Waals surface area (Å²) in [4.78, 5) is 39.4. The molecule has 2 heterocycles. The zero-order valence-electron chi connectivity index (χ0n) is 20.6. The number of amides is 2. The lowest BCUT2D eigenvalue weighted by atomic mass is 10.2. The van der Waals surface area contributed by atoms with E-state index in [1.807, 2.05) is 6.07 Å². The number of urea groups is 1. The highest BCUT2D eigenvalue weighted by Gasteiger charge is 2.16. The number of carbonyl (C=O) groups is 2. The van der Waals surface area contributed by atoms with Gasteiger partial charge in [-0.25, -0.2) is 14.0 Å². The van der Waals surface area contributed by atoms with Gasteiger partial charge in [-0.05, 0) is 32.0 Å². The van der Waals surface area contributed by atoms with Crippen molar-refractivity contribution >= 4 is 46.5 Å². The second-order valence-electron chi connectivity index (χ2n) is 7.85. The van der Waals surface area contributed by atoms with Gasteiger partial charge in [0, 0.05) is 44.6 Å². The number of nitriles is 1. The molecule has 1 aliphatic rings. The molecule has 11 nitrogen and oxygen atoms in total. The maximum absolute atomic E-state index is 14.3. The molecule has 13 heteroatoms. The third-order valence-electron chi connectivity index (χ3n) is 5.43. The van der Waals surface area contributed by atoms with Gasteiger partial charge in [-0.2, -0.15) is 5.26 Å². The zero-order valence-corrected chi connectivity index (χ0v) is 21.5. The molecule has 0 aliphatic carbocycles. The average molecular weight is 533 g/mol. The zero-order chi connectivity index (χ0) is 26.8. The van der Waals surface area contributed by atoms with Crippen molar-refractivity contribution in [2.24, 2.45) is 0 Å². The van der Waals surface area contributed by atoms with Crippen LogP contribution in [0, 0.1) is 17.1 Å². The molecule has 2 amide bonds. The summed E-state index contributed by atoms with van der Waals surface area (Å²) in [6.07, 6.45) is 1.40. The molecule has 2 aromatic rings. The first kappa shape index (κ1) is 27.9. The Morgan fingerprint density at radius 2 is 2.05 bits per heavy atom. The topological polar surface area (TPSA) is 138 Å². The number of hydrogen-bond acceptors (Lipinski definition) is 9. The van der Waals surface area contributed by atoms with Crippen LogP contribution in [-0.2, 0) is 20.8 Å². The van der Waals surface area contributed by atoms with E-state index in [2.05, 4.69) is 20.9 Å². The van der Waals surface area contributed by atoms with Gasteiger partial charge in [0.05, 0.1) is 25.5 Å². The molecule has 198 valence electrons. The number of carbonyl (C=O) groups excluding carboxylic acids is 2. The molecular formula is C24H29FN6O5S. The minimum Gasteiger partial charge on any atom is -0.462 e. The Balaban J connectivity index is 1.74. The summed E-state index contributed by atoms with van der Waals surface area (Å²) < 4.78 is 26.3. The number of nitrogens with one attached hydrogen (secondary N) is 3. The van der Waals surface area contributed by atoms with Gasteiger partial charge < -0.3 is 25.4 Å². The molecule has 0 bridgehead atoms. The standard InChI is InChI=1S/C24H29FN6O5S/c1-3-31-21(32)20(37-22(31)17(14-26)23(33)36-4-2)15-28-16-5-6-18(25)19(13-16)29-24(34)27-7-8-30-9-11-35-12-10-30/h5-6,13,15,28H,3-4,7-12H2,1-2H3,(H2,27,29,34). The largest absolute Gasteiger partial charge is 0.462 e. The van der Waals surface area contributed by atoms with Crippen molar-refractivity contribution in [3.63, 3.8) is 0 Å². The Bertz CT molecular complexity index is 1340. The molecule has 1 saturated heterocycles. The third-order valence-corrected chi connectivity index (χ3v) is 6.56. The van der Waals surface area contributed by atoms with Crippen LogP contribution in [0.4, 0.5) is 20.6 Å². The molecule has 0 spiro atoms. The fourth-order valence-corrected chi connectivity index (χ4v) is 4.63. The predicted octanol–water partition coefficient (Wildman–Crippen LogP) is 0.610. The molecule has 0 unspecified atom stereocenters. The second kappa shape index (κ2) is 13.5. The van der Waals surface area contributed by atoms with Gasteiger partial charge in [0.2, 0.25) is 0 Å². The summed E-state index contributed by atoms with van der Waals surface area (Å²) in [6, 6.07) is 5.31. The van der Waals surface area contributed by atoms with E-state index in [9.17, 15) is 24.0 Å². The van der Waals surface area contributed by atoms with Crippen LogP contribution in [0.5, 0.6) is 0 Å². The fourth-order valence-electron chi connectivity index (χ4n) is 3.56. The summed E-state index contributed by atoms with van der Waals surface area (Å²) in [5.41, 5.74) is -0.273. The number of benzene rings is 1. The fraction of sp³-hybridized carbons (Fsp3) is 0.417. The minimum atomic E-state index is -0.801. The van der Waals surface area contributed by atoms with E-state index < -0.39 is 23.4 Å². The molecule has 1 aromatic carbocycles. The van der Waals surface area contributed by atoms with E-state index in [1.165, 1.54) is 29.0 Å². The average Bonchev–Trinajstić information content (AvgIpc) is 3.20. The van der Waals surface area contributed by atoms with Crippen molar-refractivity contribution in [3.05, 3.63) is 43.6 Å². The number of rotatable bonds is 9. The number of nitrogens with zero attached hydrogens (tertiary/aromatic N) is 3. The first-order valence-electron chi connectivity index (χ1n) is 11.8. The highest BCUT2D eigenvalue weighted by molar-refractivity contribution is 7.07. The molecule has 0 saturated carbocycles. The maximum atomic E-state index is 14.3. The monoisotopic (exact) mass is 532 g/mol. The summed E-state index contributed by atoms with van der Waals surface area (Å²) in [5, 5.41) is 17.6. The molecule has 0 atom stereocenters. The first-order valence-corrected chi connectivity index (χ1v) is 12.6. The Hall–Kier alpha value is -3.73. The van der Waals surface area contributed by atoms with Crippen molar-refractivity contribution in [1.29, 1.82) is 5.26 Å². The number of thiazole rings is 1. The van der Waals surface area contributed by atoms with E-state index in [1.54, 1.807) is 13.8 Å². The normalized spacial score (nSPS) is 15.0. The van der Waals surface area contributed by atoms with Crippen LogP contribution >= 0.6 is 11.3 Å². The van der Waals surface area contributed by atoms with Crippen LogP contribution in [0.25, 0.3) is 11.8 Å². The van der Waals surface area contributed by atoms with Crippen LogP contribution in [0.15, 0.2) is 23.0 Å². The van der Waals surface area contributed by atoms with Crippen LogP contribution in [0.2, 0.25) is 0 Å². The van der Waals surface area contributed by atoms with Crippen molar-refractivity contribution in [2.45, 2.75) is 20.4 Å². The van der Waals surface area contributed by atoms with Gasteiger partial charge >= 0.3 is 12.0 Å². The first-order chi connectivity index (χ1) is 17.9. The van der Waals surface area contributed by atoms with E-state index in [4.69, 9.17) is 9.47 Å². The lowest BCUT2D eigenvalue weighted by molar-refractivity contribution is -0.136. The van der Waals surface area contributed by atoms with Gasteiger partial charge in [-0.3, -0.25) is 14.3 Å². The summed E-state index contributed by atoms with van der Waals surface area (Å²) in [6.45, 7) is 7.68. The molecule has 1 fully saturated rings. The minimum absolute atomic E-state index is 0.0393. The number of anilines is 2. The third kappa shape index (κ3) is 7.39. The predicted molar refractivity (Wildman–Crippen MR) is 138 cm³/mol. The van der Waals surface area contributed by atoms with E-state index in [0.717, 1.165) is 24.4 Å². The van der Waals surface area contributed by atoms with Crippen LogP contribution in [0.1, 0.15) is 13.8 Å². The summed E-state index contributed by atoms with van der Waals surface area (Å²) in [5.74, 6) is -1.42. The highest BCUT2D eigenvalue weighted by Crippen LogP contribution is 2.19. The van der Waals surface area contributed by atoms with E-state index in [0.29, 0.717) is 32.0 Å². The molecule has 37 heavy (non-hydrogen) atoms. The van der Waals surface area contributed by atoms with E-state index in [-0.39, 0.29) is 33.6 Å². The number of halogens is 1. The molecule has 3 N–H and O–H groups in total. The van der Waals surface area contributed by atoms with Crippen molar-refractivity contribution < 1.29 is 23.5 Å². The smallest absolute Gasteiger partial charge is 0.351 e. The Kier molecular flexibility index (Phi) is 10.2. The molecule has 3 rings (SSSR count). The van der Waals surface area contributed by atoms with Crippen molar-refractivity contribution in [1.82, 2.24) is 14.8 Å². The lowest BCUT2D eigenvalue weighted by Crippen LogP contribution is -2.42. The van der Waals surface area contributed by atoms with Crippen LogP contribution in [-0.4, -0.2) is 67.5 Å². The summed E-state index contributed by atoms with van der Waals surface area (Å²) >= 11 is 0.962. The van der Waals surface area contributed by atoms with Gasteiger partial charge in [0.15, 0.2) is 5.57 Å². The quantitative estimate of drug-likeness (QED) is 0.400. The molecular weight excluding hydrogens is 503 g/mol. The van der Waals surface area contributed by atoms with Gasteiger partial charge in [0.25, 0.3) is 5.56 Å². The summed E-state index contributed by atoms with van der Waals surface area (Å²) in [7, 11) is 0. The number of morpholine rings is 1. The lowest BCUT2D eigenvalue weighted by Gasteiger charge is -2.26. The maximum Gasteiger partial charge on any atom is 0.351 e. The van der Waals surface area contributed by atoms with Gasteiger partial charge in [-0.15, -0.1) is 11.3 Å². The van der Waals surface area contributed by atoms with Crippen molar-refractivity contribution in [2.75, 3.05) is 56.6 Å². The Labute approximate surface area is 216 Å². The number of aromatic nitrogens is 1. The number of ether oxygens (including phenoxy) is 2. The van der Waals surface area contributed by atoms with Crippen molar-refractivity contribution in [3.8, 4) is 6.07 Å². The van der Waals surface area contributed by atoms with E-state index >= 15 is 0 Å². The SMILES string of the molecule is CCOC(=O)C(C#N)=c1sc(=CNc2ccc(F)c(NC(=O)NCCN3CCOCC3)c2)c(=O)n1CC. The number of hydrogen-bond donors (Lipinski definition) is 3. The van der Waals surface area contributed by atoms with Gasteiger partial charge in [0.1, 0.15) is 21.1 Å². The van der Waals surface area contributed by atoms with Crippen LogP contribution in [0.3, 0.4) is 0 Å². The molecule has 1 aliphatic heterocycles. The molecule has 0 radical (unpaired) electrons. The second-order valence-corrected chi connectivity index (χ2v) is 8.88.